The molecule has 0 heterocycles. The zero-order chi connectivity index (χ0) is 28.1. The molecular formula is C22H21F6NO7S. The first kappa shape index (κ1) is 29.9. The Kier molecular flexibility index (Phi) is 9.19. The number of alkyl halides is 6. The Balaban J connectivity index is 2.36. The van der Waals surface area contributed by atoms with Crippen LogP contribution in [0.3, 0.4) is 0 Å². The molecule has 0 unspecified atom stereocenters. The van der Waals surface area contributed by atoms with Crippen molar-refractivity contribution in [2.24, 2.45) is 0 Å². The molecule has 1 N–H and O–H groups in total. The van der Waals surface area contributed by atoms with Gasteiger partial charge in [0.1, 0.15) is 11.8 Å². The van der Waals surface area contributed by atoms with Gasteiger partial charge in [0.15, 0.2) is 0 Å². The van der Waals surface area contributed by atoms with Gasteiger partial charge in [0, 0.05) is 19.1 Å². The zero-order valence-electron chi connectivity index (χ0n) is 19.2. The quantitative estimate of drug-likeness (QED) is 0.206. The van der Waals surface area contributed by atoms with Crippen LogP contribution in [0.4, 0.5) is 26.3 Å². The summed E-state index contributed by atoms with van der Waals surface area (Å²) in [6.07, 6.45) is -5.72. The smallest absolute Gasteiger partial charge is 0.464 e. The Bertz CT molecular complexity index is 1180. The zero-order valence-corrected chi connectivity index (χ0v) is 20.0. The number of amides is 1. The molecule has 2 aromatic rings. The fourth-order valence-corrected chi connectivity index (χ4v) is 3.67. The third-order valence-corrected chi connectivity index (χ3v) is 5.91. The monoisotopic (exact) mass is 557 g/mol. The number of benzene rings is 2. The first-order valence-corrected chi connectivity index (χ1v) is 11.7. The van der Waals surface area contributed by atoms with Crippen LogP contribution in [0, 0.1) is 0 Å². The van der Waals surface area contributed by atoms with Crippen LogP contribution < -0.4 is 9.50 Å². The van der Waals surface area contributed by atoms with Crippen molar-refractivity contribution in [3.8, 4) is 5.75 Å². The molecule has 0 saturated carbocycles. The average Bonchev–Trinajstić information content (AvgIpc) is 2.79. The Morgan fingerprint density at radius 1 is 0.946 bits per heavy atom. The van der Waals surface area contributed by atoms with Crippen LogP contribution in [0.5, 0.6) is 5.75 Å². The van der Waals surface area contributed by atoms with E-state index in [1.54, 1.807) is 0 Å². The summed E-state index contributed by atoms with van der Waals surface area (Å²) in [6.45, 7) is 1.24. The molecule has 8 nitrogen and oxygen atoms in total. The van der Waals surface area contributed by atoms with E-state index in [2.05, 4.69) is 8.92 Å². The number of carbonyl (C=O) groups excluding carboxylic acids is 2. The molecule has 2 atom stereocenters. The van der Waals surface area contributed by atoms with Gasteiger partial charge >= 0.3 is 27.8 Å². The van der Waals surface area contributed by atoms with E-state index in [4.69, 9.17) is 4.74 Å². The molecule has 15 heteroatoms. The summed E-state index contributed by atoms with van der Waals surface area (Å²) in [4.78, 5) is 25.5. The van der Waals surface area contributed by atoms with Crippen LogP contribution in [-0.2, 0) is 41.2 Å². The number of ether oxygens (including phenoxy) is 2. The number of esters is 1. The molecule has 0 radical (unpaired) electrons. The number of carbonyl (C=O) groups is 2. The maximum atomic E-state index is 14.2. The van der Waals surface area contributed by atoms with E-state index >= 15 is 0 Å². The van der Waals surface area contributed by atoms with Gasteiger partial charge in [0.05, 0.1) is 6.61 Å². The van der Waals surface area contributed by atoms with Gasteiger partial charge in [-0.05, 0) is 24.6 Å². The molecule has 204 valence electrons. The van der Waals surface area contributed by atoms with Crippen molar-refractivity contribution >= 4 is 22.0 Å². The van der Waals surface area contributed by atoms with Crippen molar-refractivity contribution in [3.05, 3.63) is 65.7 Å². The number of methoxy groups -OCH3 is 1. The molecule has 0 fully saturated rings. The van der Waals surface area contributed by atoms with Crippen molar-refractivity contribution in [2.75, 3.05) is 13.7 Å². The van der Waals surface area contributed by atoms with Gasteiger partial charge in [0.2, 0.25) is 0 Å². The van der Waals surface area contributed by atoms with Crippen LogP contribution >= 0.6 is 0 Å². The first-order valence-electron chi connectivity index (χ1n) is 10.3. The van der Waals surface area contributed by atoms with Gasteiger partial charge < -0.3 is 19.0 Å². The van der Waals surface area contributed by atoms with E-state index in [-0.39, 0.29) is 12.2 Å². The summed E-state index contributed by atoms with van der Waals surface area (Å²) in [5.74, 6) is -3.53. The number of hydrogen-bond acceptors (Lipinski definition) is 7. The second-order valence-electron chi connectivity index (χ2n) is 7.36. The third-order valence-electron chi connectivity index (χ3n) is 4.93. The lowest BCUT2D eigenvalue weighted by Gasteiger charge is -2.34. The van der Waals surface area contributed by atoms with E-state index in [0.717, 1.165) is 36.4 Å². The second kappa shape index (κ2) is 11.4. The number of rotatable bonds is 10. The number of hydrogen-bond donors (Lipinski definition) is 1. The summed E-state index contributed by atoms with van der Waals surface area (Å²) in [7, 11) is -5.26. The Hall–Kier alpha value is -3.33. The molecule has 0 aliphatic carbocycles. The van der Waals surface area contributed by atoms with Crippen LogP contribution in [0.15, 0.2) is 54.6 Å². The van der Waals surface area contributed by atoms with Crippen LogP contribution in [0.1, 0.15) is 18.1 Å². The van der Waals surface area contributed by atoms with Gasteiger partial charge in [-0.25, -0.2) is 4.79 Å². The molecule has 0 bridgehead atoms. The summed E-state index contributed by atoms with van der Waals surface area (Å²) in [6, 6.07) is 8.08. The van der Waals surface area contributed by atoms with E-state index in [9.17, 15) is 44.3 Å². The fourth-order valence-electron chi connectivity index (χ4n) is 3.21. The van der Waals surface area contributed by atoms with Crippen molar-refractivity contribution in [1.82, 2.24) is 5.32 Å². The molecule has 0 aliphatic heterocycles. The Morgan fingerprint density at radius 2 is 1.51 bits per heavy atom. The molecule has 0 aliphatic rings. The highest BCUT2D eigenvalue weighted by atomic mass is 32.2. The molecule has 37 heavy (non-hydrogen) atoms. The minimum absolute atomic E-state index is 0.116. The van der Waals surface area contributed by atoms with E-state index in [0.29, 0.717) is 7.11 Å². The number of nitrogens with one attached hydrogen (secondary N) is 1. The van der Waals surface area contributed by atoms with E-state index < -0.39 is 63.1 Å². The van der Waals surface area contributed by atoms with Crippen molar-refractivity contribution in [1.29, 1.82) is 0 Å². The summed E-state index contributed by atoms with van der Waals surface area (Å²) >= 11 is 0. The third kappa shape index (κ3) is 6.71. The van der Waals surface area contributed by atoms with Gasteiger partial charge in [-0.1, -0.05) is 42.5 Å². The topological polar surface area (TPSA) is 108 Å². The van der Waals surface area contributed by atoms with Crippen LogP contribution in [-0.4, -0.2) is 51.7 Å². The lowest BCUT2D eigenvalue weighted by molar-refractivity contribution is -0.266. The molecule has 0 aromatic heterocycles. The molecule has 0 saturated heterocycles. The first-order chi connectivity index (χ1) is 17.1. The highest BCUT2D eigenvalue weighted by Gasteiger charge is 2.63. The van der Waals surface area contributed by atoms with Gasteiger partial charge in [-0.3, -0.25) is 4.79 Å². The molecule has 2 aromatic carbocycles. The summed E-state index contributed by atoms with van der Waals surface area (Å²) < 4.78 is 116. The molecule has 0 spiro atoms. The van der Waals surface area contributed by atoms with Crippen molar-refractivity contribution < 1.29 is 58.0 Å². The lowest BCUT2D eigenvalue weighted by Crippen LogP contribution is -2.59. The molecule has 2 rings (SSSR count). The number of halogens is 6. The molecular weight excluding hydrogens is 536 g/mol. The van der Waals surface area contributed by atoms with Crippen LogP contribution in [0.25, 0.3) is 0 Å². The minimum Gasteiger partial charge on any atom is -0.464 e. The van der Waals surface area contributed by atoms with E-state index in [1.165, 1.54) is 25.1 Å². The van der Waals surface area contributed by atoms with Gasteiger partial charge in [0.25, 0.3) is 11.5 Å². The fraction of sp³-hybridized carbons (Fsp3) is 0.364. The molecule has 1 amide bonds. The van der Waals surface area contributed by atoms with Gasteiger partial charge in [-0.2, -0.15) is 34.8 Å². The summed E-state index contributed by atoms with van der Waals surface area (Å²) in [5.41, 5.74) is -9.60. The SMILES string of the molecule is CCOC(=O)[C@H](Cc1ccc(OS(=O)(=O)C(F)(F)F)cc1)NC(=O)[C@@](OC)(c1ccccc1)C(F)(F)F. The van der Waals surface area contributed by atoms with Gasteiger partial charge in [-0.15, -0.1) is 0 Å². The Morgan fingerprint density at radius 3 is 1.97 bits per heavy atom. The highest BCUT2D eigenvalue weighted by molar-refractivity contribution is 7.88. The van der Waals surface area contributed by atoms with Crippen molar-refractivity contribution in [3.63, 3.8) is 0 Å². The lowest BCUT2D eigenvalue weighted by atomic mass is 9.91. The predicted octanol–water partition coefficient (Wildman–Crippen LogP) is 3.61. The predicted molar refractivity (Wildman–Crippen MR) is 115 cm³/mol. The minimum atomic E-state index is -5.93. The second-order valence-corrected chi connectivity index (χ2v) is 8.90. The normalized spacial score (nSPS) is 14.8. The maximum absolute atomic E-state index is 14.2. The average molecular weight is 557 g/mol. The summed E-state index contributed by atoms with van der Waals surface area (Å²) in [5, 5.41) is 1.99. The van der Waals surface area contributed by atoms with E-state index in [1.807, 2.05) is 5.32 Å². The van der Waals surface area contributed by atoms with Crippen molar-refractivity contribution in [2.45, 2.75) is 36.7 Å². The maximum Gasteiger partial charge on any atom is 0.534 e. The highest BCUT2D eigenvalue weighted by Crippen LogP contribution is 2.42. The standard InChI is InChI=1S/C22H21F6NO7S/c1-3-35-18(30)17(13-14-9-11-16(12-10-14)36-37(32,33)22(26,27)28)29-19(31)20(34-2,21(23,24)25)15-7-5-4-6-8-15/h4-12,17H,3,13H2,1-2H3,(H,29,31)/t17-,20-/m0/s1. The largest absolute Gasteiger partial charge is 0.534 e. The Labute approximate surface area is 207 Å². The van der Waals surface area contributed by atoms with Crippen LogP contribution in [0.2, 0.25) is 0 Å².